The van der Waals surface area contributed by atoms with E-state index in [1.54, 1.807) is 0 Å². The first-order valence-electron chi connectivity index (χ1n) is 6.21. The first-order valence-corrected chi connectivity index (χ1v) is 6.21. The first-order chi connectivity index (χ1) is 6.77. The Morgan fingerprint density at radius 2 is 1.71 bits per heavy atom. The van der Waals surface area contributed by atoms with Gasteiger partial charge in [0.25, 0.3) is 0 Å². The molecular weight excluding hydrogens is 172 g/mol. The van der Waals surface area contributed by atoms with E-state index in [0.717, 1.165) is 12.1 Å². The Labute approximate surface area is 88.3 Å². The van der Waals surface area contributed by atoms with E-state index in [0.29, 0.717) is 0 Å². The third-order valence-electron chi connectivity index (χ3n) is 4.08. The van der Waals surface area contributed by atoms with Crippen molar-refractivity contribution < 1.29 is 0 Å². The molecule has 0 amide bonds. The number of nitrogens with zero attached hydrogens (tertiary/aromatic N) is 2. The average molecular weight is 196 g/mol. The Morgan fingerprint density at radius 3 is 2.36 bits per heavy atom. The van der Waals surface area contributed by atoms with Crippen LogP contribution in [-0.2, 0) is 0 Å². The highest BCUT2D eigenvalue weighted by molar-refractivity contribution is 4.83. The molecule has 0 aromatic rings. The number of hydrogen-bond donors (Lipinski definition) is 0. The standard InChI is InChI=1S/C12H24N2/c1-11-10-14(9-8-13(11)2)12-6-4-3-5-7-12/h11-12H,3-10H2,1-2H3. The summed E-state index contributed by atoms with van der Waals surface area (Å²) in [7, 11) is 2.25. The van der Waals surface area contributed by atoms with Crippen LogP contribution in [0.1, 0.15) is 39.0 Å². The molecule has 0 aromatic heterocycles. The zero-order valence-corrected chi connectivity index (χ0v) is 9.71. The molecule has 1 aliphatic heterocycles. The molecule has 0 aromatic carbocycles. The zero-order valence-electron chi connectivity index (χ0n) is 9.71. The minimum Gasteiger partial charge on any atom is -0.301 e. The van der Waals surface area contributed by atoms with Crippen LogP contribution in [0.3, 0.4) is 0 Å². The molecule has 2 fully saturated rings. The molecule has 1 saturated heterocycles. The fourth-order valence-electron chi connectivity index (χ4n) is 2.85. The summed E-state index contributed by atoms with van der Waals surface area (Å²) in [6.45, 7) is 6.21. The van der Waals surface area contributed by atoms with E-state index < -0.39 is 0 Å². The molecule has 1 unspecified atom stereocenters. The van der Waals surface area contributed by atoms with E-state index in [9.17, 15) is 0 Å². The highest BCUT2D eigenvalue weighted by atomic mass is 15.3. The Balaban J connectivity index is 1.85. The van der Waals surface area contributed by atoms with Crippen molar-refractivity contribution >= 4 is 0 Å². The van der Waals surface area contributed by atoms with E-state index in [4.69, 9.17) is 0 Å². The van der Waals surface area contributed by atoms with Crippen LogP contribution in [0, 0.1) is 0 Å². The maximum absolute atomic E-state index is 2.74. The molecule has 1 heterocycles. The number of likely N-dealkylation sites (N-methyl/N-ethyl adjacent to an activating group) is 1. The summed E-state index contributed by atoms with van der Waals surface area (Å²) in [6.07, 6.45) is 7.31. The summed E-state index contributed by atoms with van der Waals surface area (Å²) in [5.74, 6) is 0. The number of hydrogen-bond acceptors (Lipinski definition) is 2. The molecule has 2 nitrogen and oxygen atoms in total. The van der Waals surface area contributed by atoms with E-state index in [1.807, 2.05) is 0 Å². The van der Waals surface area contributed by atoms with Crippen LogP contribution >= 0.6 is 0 Å². The van der Waals surface area contributed by atoms with Gasteiger partial charge < -0.3 is 4.90 Å². The Kier molecular flexibility index (Phi) is 3.45. The third-order valence-corrected chi connectivity index (χ3v) is 4.08. The predicted octanol–water partition coefficient (Wildman–Crippen LogP) is 1.95. The van der Waals surface area contributed by atoms with Gasteiger partial charge in [0, 0.05) is 31.7 Å². The summed E-state index contributed by atoms with van der Waals surface area (Å²) in [5, 5.41) is 0. The molecule has 2 rings (SSSR count). The fourth-order valence-corrected chi connectivity index (χ4v) is 2.85. The fraction of sp³-hybridized carbons (Fsp3) is 1.00. The van der Waals surface area contributed by atoms with Crippen LogP contribution in [0.2, 0.25) is 0 Å². The summed E-state index contributed by atoms with van der Waals surface area (Å²) >= 11 is 0. The van der Waals surface area contributed by atoms with Crippen molar-refractivity contribution in [3.8, 4) is 0 Å². The maximum Gasteiger partial charge on any atom is 0.0192 e. The van der Waals surface area contributed by atoms with Crippen molar-refractivity contribution in [2.75, 3.05) is 26.7 Å². The molecule has 0 N–H and O–H groups in total. The van der Waals surface area contributed by atoms with Gasteiger partial charge in [-0.25, -0.2) is 0 Å². The van der Waals surface area contributed by atoms with Crippen LogP contribution in [-0.4, -0.2) is 48.6 Å². The van der Waals surface area contributed by atoms with Crippen molar-refractivity contribution in [2.24, 2.45) is 0 Å². The summed E-state index contributed by atoms with van der Waals surface area (Å²) in [6, 6.07) is 1.67. The van der Waals surface area contributed by atoms with Gasteiger partial charge in [0.15, 0.2) is 0 Å². The van der Waals surface area contributed by atoms with Gasteiger partial charge in [-0.1, -0.05) is 19.3 Å². The molecule has 0 spiro atoms. The van der Waals surface area contributed by atoms with Crippen molar-refractivity contribution in [1.82, 2.24) is 9.80 Å². The van der Waals surface area contributed by atoms with Gasteiger partial charge in [-0.05, 0) is 26.8 Å². The molecule has 82 valence electrons. The van der Waals surface area contributed by atoms with E-state index in [2.05, 4.69) is 23.8 Å². The summed E-state index contributed by atoms with van der Waals surface area (Å²) in [5.41, 5.74) is 0. The van der Waals surface area contributed by atoms with Crippen molar-refractivity contribution in [2.45, 2.75) is 51.1 Å². The highest BCUT2D eigenvalue weighted by Crippen LogP contribution is 2.24. The van der Waals surface area contributed by atoms with E-state index >= 15 is 0 Å². The maximum atomic E-state index is 2.74. The van der Waals surface area contributed by atoms with Gasteiger partial charge in [-0.3, -0.25) is 4.90 Å². The first kappa shape index (κ1) is 10.4. The molecule has 14 heavy (non-hydrogen) atoms. The molecule has 2 heteroatoms. The largest absolute Gasteiger partial charge is 0.301 e. The summed E-state index contributed by atoms with van der Waals surface area (Å²) in [4.78, 5) is 5.23. The van der Waals surface area contributed by atoms with Gasteiger partial charge in [-0.2, -0.15) is 0 Å². The Bertz CT molecular complexity index is 175. The monoisotopic (exact) mass is 196 g/mol. The molecule has 1 atom stereocenters. The topological polar surface area (TPSA) is 6.48 Å². The normalized spacial score (nSPS) is 33.4. The van der Waals surface area contributed by atoms with E-state index in [-0.39, 0.29) is 0 Å². The molecule has 0 bridgehead atoms. The van der Waals surface area contributed by atoms with Crippen LogP contribution in [0.15, 0.2) is 0 Å². The smallest absolute Gasteiger partial charge is 0.0192 e. The van der Waals surface area contributed by atoms with Crippen molar-refractivity contribution in [1.29, 1.82) is 0 Å². The summed E-state index contributed by atoms with van der Waals surface area (Å²) < 4.78 is 0. The van der Waals surface area contributed by atoms with Gasteiger partial charge in [0.05, 0.1) is 0 Å². The lowest BCUT2D eigenvalue weighted by atomic mass is 9.93. The molecular formula is C12H24N2. The highest BCUT2D eigenvalue weighted by Gasteiger charge is 2.27. The Hall–Kier alpha value is -0.0800. The van der Waals surface area contributed by atoms with Crippen LogP contribution < -0.4 is 0 Å². The minimum atomic E-state index is 0.755. The molecule has 1 saturated carbocycles. The van der Waals surface area contributed by atoms with E-state index in [1.165, 1.54) is 51.7 Å². The number of piperazine rings is 1. The lowest BCUT2D eigenvalue weighted by Crippen LogP contribution is -2.53. The zero-order chi connectivity index (χ0) is 9.97. The SMILES string of the molecule is CC1CN(C2CCCCC2)CCN1C. The molecule has 1 aliphatic carbocycles. The minimum absolute atomic E-state index is 0.755. The van der Waals surface area contributed by atoms with Crippen LogP contribution in [0.4, 0.5) is 0 Å². The molecule has 2 aliphatic rings. The van der Waals surface area contributed by atoms with Gasteiger partial charge >= 0.3 is 0 Å². The predicted molar refractivity (Wildman–Crippen MR) is 60.5 cm³/mol. The molecule has 0 radical (unpaired) electrons. The van der Waals surface area contributed by atoms with Crippen molar-refractivity contribution in [3.63, 3.8) is 0 Å². The van der Waals surface area contributed by atoms with Crippen LogP contribution in [0.25, 0.3) is 0 Å². The lowest BCUT2D eigenvalue weighted by molar-refractivity contribution is 0.0577. The van der Waals surface area contributed by atoms with Gasteiger partial charge in [-0.15, -0.1) is 0 Å². The second-order valence-electron chi connectivity index (χ2n) is 5.12. The third kappa shape index (κ3) is 2.29. The second kappa shape index (κ2) is 4.63. The lowest BCUT2D eigenvalue weighted by Gasteiger charge is -2.43. The number of rotatable bonds is 1. The quantitative estimate of drug-likeness (QED) is 0.632. The average Bonchev–Trinajstić information content (AvgIpc) is 2.23. The van der Waals surface area contributed by atoms with Crippen molar-refractivity contribution in [3.05, 3.63) is 0 Å². The van der Waals surface area contributed by atoms with Crippen LogP contribution in [0.5, 0.6) is 0 Å². The Morgan fingerprint density at radius 1 is 1.00 bits per heavy atom. The van der Waals surface area contributed by atoms with Gasteiger partial charge in [0.1, 0.15) is 0 Å². The van der Waals surface area contributed by atoms with Gasteiger partial charge in [0.2, 0.25) is 0 Å². The second-order valence-corrected chi connectivity index (χ2v) is 5.12.